The molecule has 2 N–H and O–H groups in total. The van der Waals surface area contributed by atoms with Crippen LogP contribution in [0.15, 0.2) is 42.6 Å². The Morgan fingerprint density at radius 1 is 1.08 bits per heavy atom. The van der Waals surface area contributed by atoms with Gasteiger partial charge in [0.25, 0.3) is 5.91 Å². The van der Waals surface area contributed by atoms with Crippen molar-refractivity contribution >= 4 is 29.0 Å². The number of pyridine rings is 1. The molecule has 5 nitrogen and oxygen atoms in total. The Kier molecular flexibility index (Phi) is 6.72. The summed E-state index contributed by atoms with van der Waals surface area (Å²) >= 11 is 6.31. The van der Waals surface area contributed by atoms with E-state index in [0.717, 1.165) is 51.1 Å². The van der Waals surface area contributed by atoms with Gasteiger partial charge in [0.05, 0.1) is 10.6 Å². The van der Waals surface area contributed by atoms with Gasteiger partial charge in [0.2, 0.25) is 0 Å². The van der Waals surface area contributed by atoms with Crippen LogP contribution in [-0.2, 0) is 0 Å². The molecule has 3 rings (SSSR count). The number of anilines is 2. The molecule has 1 aromatic carbocycles. The van der Waals surface area contributed by atoms with E-state index in [1.54, 1.807) is 12.3 Å². The number of nitrogens with zero attached hydrogens (tertiary/aromatic N) is 2. The highest BCUT2D eigenvalue weighted by Crippen LogP contribution is 2.22. The van der Waals surface area contributed by atoms with Crippen LogP contribution in [0.25, 0.3) is 0 Å². The molecule has 6 heteroatoms. The average molecular weight is 373 g/mol. The second-order valence-electron chi connectivity index (χ2n) is 6.48. The van der Waals surface area contributed by atoms with Gasteiger partial charge in [0, 0.05) is 38.1 Å². The first-order valence-electron chi connectivity index (χ1n) is 9.21. The molecule has 0 unspecified atom stereocenters. The van der Waals surface area contributed by atoms with Crippen LogP contribution in [0.3, 0.4) is 0 Å². The molecule has 1 fully saturated rings. The van der Waals surface area contributed by atoms with Gasteiger partial charge in [-0.3, -0.25) is 4.79 Å². The fourth-order valence-electron chi connectivity index (χ4n) is 3.05. The quantitative estimate of drug-likeness (QED) is 0.712. The minimum absolute atomic E-state index is 0.0257. The molecule has 0 radical (unpaired) electrons. The second kappa shape index (κ2) is 9.43. The van der Waals surface area contributed by atoms with Crippen LogP contribution < -0.4 is 10.6 Å². The van der Waals surface area contributed by atoms with Crippen molar-refractivity contribution < 1.29 is 4.79 Å². The number of para-hydroxylation sites is 1. The van der Waals surface area contributed by atoms with Gasteiger partial charge < -0.3 is 15.5 Å². The molecule has 1 aromatic heterocycles. The second-order valence-corrected chi connectivity index (χ2v) is 6.89. The van der Waals surface area contributed by atoms with Crippen molar-refractivity contribution in [2.24, 2.45) is 0 Å². The first-order chi connectivity index (χ1) is 12.7. The molecule has 0 saturated carbocycles. The van der Waals surface area contributed by atoms with Gasteiger partial charge in [-0.2, -0.15) is 0 Å². The lowest BCUT2D eigenvalue weighted by Crippen LogP contribution is -2.35. The number of hydrogen-bond donors (Lipinski definition) is 2. The standard InChI is InChI=1S/C20H25ClN4O/c21-18-14-16(20(26)25-12-5-2-6-13-25)15-24-19(18)23-11-7-10-22-17-8-3-1-4-9-17/h1,3-4,8-9,14-15,22H,2,5-7,10-13H2,(H,23,24). The molecule has 0 spiro atoms. The number of aromatic nitrogens is 1. The molecule has 1 saturated heterocycles. The van der Waals surface area contributed by atoms with E-state index in [4.69, 9.17) is 11.6 Å². The van der Waals surface area contributed by atoms with Crippen LogP contribution in [0.2, 0.25) is 5.02 Å². The van der Waals surface area contributed by atoms with E-state index in [1.807, 2.05) is 35.2 Å². The smallest absolute Gasteiger partial charge is 0.255 e. The zero-order valence-electron chi connectivity index (χ0n) is 14.9. The van der Waals surface area contributed by atoms with Crippen molar-refractivity contribution in [3.05, 3.63) is 53.2 Å². The van der Waals surface area contributed by atoms with Crippen LogP contribution in [0.5, 0.6) is 0 Å². The third kappa shape index (κ3) is 5.11. The van der Waals surface area contributed by atoms with Gasteiger partial charge in [0.1, 0.15) is 5.82 Å². The topological polar surface area (TPSA) is 57.3 Å². The highest BCUT2D eigenvalue weighted by atomic mass is 35.5. The Labute approximate surface area is 159 Å². The number of rotatable bonds is 7. The van der Waals surface area contributed by atoms with E-state index >= 15 is 0 Å². The van der Waals surface area contributed by atoms with Crippen LogP contribution in [0.1, 0.15) is 36.0 Å². The van der Waals surface area contributed by atoms with Crippen molar-refractivity contribution in [3.8, 4) is 0 Å². The summed E-state index contributed by atoms with van der Waals surface area (Å²) in [6, 6.07) is 11.8. The summed E-state index contributed by atoms with van der Waals surface area (Å²) in [6.45, 7) is 3.27. The van der Waals surface area contributed by atoms with Crippen LogP contribution >= 0.6 is 11.6 Å². The summed E-state index contributed by atoms with van der Waals surface area (Å²) in [6.07, 6.45) is 5.90. The van der Waals surface area contributed by atoms with Crippen LogP contribution in [0.4, 0.5) is 11.5 Å². The molecule has 1 amide bonds. The zero-order valence-corrected chi connectivity index (χ0v) is 15.6. The number of likely N-dealkylation sites (tertiary alicyclic amines) is 1. The fourth-order valence-corrected chi connectivity index (χ4v) is 3.28. The monoisotopic (exact) mass is 372 g/mol. The van der Waals surface area contributed by atoms with E-state index in [1.165, 1.54) is 6.42 Å². The molecule has 2 aromatic rings. The maximum Gasteiger partial charge on any atom is 0.255 e. The largest absolute Gasteiger partial charge is 0.385 e. The number of piperidine rings is 1. The van der Waals surface area contributed by atoms with Gasteiger partial charge in [-0.05, 0) is 43.9 Å². The number of halogens is 1. The van der Waals surface area contributed by atoms with Crippen molar-refractivity contribution in [2.75, 3.05) is 36.8 Å². The van der Waals surface area contributed by atoms with Crippen molar-refractivity contribution in [1.29, 1.82) is 0 Å². The zero-order chi connectivity index (χ0) is 18.2. The molecule has 138 valence electrons. The Hall–Kier alpha value is -2.27. The van der Waals surface area contributed by atoms with Gasteiger partial charge in [-0.25, -0.2) is 4.98 Å². The van der Waals surface area contributed by atoms with E-state index in [0.29, 0.717) is 16.4 Å². The molecule has 0 bridgehead atoms. The minimum Gasteiger partial charge on any atom is -0.385 e. The van der Waals surface area contributed by atoms with Gasteiger partial charge in [0.15, 0.2) is 0 Å². The summed E-state index contributed by atoms with van der Waals surface area (Å²) in [4.78, 5) is 18.7. The lowest BCUT2D eigenvalue weighted by atomic mass is 10.1. The number of carbonyl (C=O) groups excluding carboxylic acids is 1. The van der Waals surface area contributed by atoms with Gasteiger partial charge in [-0.15, -0.1) is 0 Å². The van der Waals surface area contributed by atoms with E-state index in [9.17, 15) is 4.79 Å². The van der Waals surface area contributed by atoms with E-state index < -0.39 is 0 Å². The number of amides is 1. The van der Waals surface area contributed by atoms with E-state index in [2.05, 4.69) is 15.6 Å². The maximum atomic E-state index is 12.5. The summed E-state index contributed by atoms with van der Waals surface area (Å²) in [7, 11) is 0. The Balaban J connectivity index is 1.46. The summed E-state index contributed by atoms with van der Waals surface area (Å²) in [5.74, 6) is 0.652. The summed E-state index contributed by atoms with van der Waals surface area (Å²) < 4.78 is 0. The molecule has 1 aliphatic heterocycles. The number of hydrogen-bond acceptors (Lipinski definition) is 4. The van der Waals surface area contributed by atoms with Crippen LogP contribution in [-0.4, -0.2) is 42.0 Å². The Bertz CT molecular complexity index is 717. The average Bonchev–Trinajstić information content (AvgIpc) is 2.69. The molecule has 1 aliphatic rings. The van der Waals surface area contributed by atoms with Gasteiger partial charge >= 0.3 is 0 Å². The minimum atomic E-state index is 0.0257. The highest BCUT2D eigenvalue weighted by Gasteiger charge is 2.19. The molecule has 0 aliphatic carbocycles. The SMILES string of the molecule is O=C(c1cnc(NCCCNc2ccccc2)c(Cl)c1)N1CCCCC1. The molecular formula is C20H25ClN4O. The number of carbonyl (C=O) groups is 1. The summed E-state index contributed by atoms with van der Waals surface area (Å²) in [5.41, 5.74) is 1.68. The maximum absolute atomic E-state index is 12.5. The summed E-state index contributed by atoms with van der Waals surface area (Å²) in [5, 5.41) is 7.09. The predicted molar refractivity (Wildman–Crippen MR) is 107 cm³/mol. The van der Waals surface area contributed by atoms with Gasteiger partial charge in [-0.1, -0.05) is 29.8 Å². The highest BCUT2D eigenvalue weighted by molar-refractivity contribution is 6.33. The predicted octanol–water partition coefficient (Wildman–Crippen LogP) is 4.28. The molecule has 26 heavy (non-hydrogen) atoms. The molecule has 2 heterocycles. The first kappa shape index (κ1) is 18.5. The fraction of sp³-hybridized carbons (Fsp3) is 0.400. The Morgan fingerprint density at radius 2 is 1.81 bits per heavy atom. The molecular weight excluding hydrogens is 348 g/mol. The Morgan fingerprint density at radius 3 is 2.54 bits per heavy atom. The van der Waals surface area contributed by atoms with Crippen LogP contribution in [0, 0.1) is 0 Å². The first-order valence-corrected chi connectivity index (χ1v) is 9.59. The number of nitrogens with one attached hydrogen (secondary N) is 2. The number of benzene rings is 1. The third-order valence-corrected chi connectivity index (χ3v) is 4.77. The molecule has 0 atom stereocenters. The van der Waals surface area contributed by atoms with Crippen molar-refractivity contribution in [2.45, 2.75) is 25.7 Å². The normalized spacial score (nSPS) is 14.1. The lowest BCUT2D eigenvalue weighted by Gasteiger charge is -2.26. The van der Waals surface area contributed by atoms with Crippen molar-refractivity contribution in [3.63, 3.8) is 0 Å². The van der Waals surface area contributed by atoms with E-state index in [-0.39, 0.29) is 5.91 Å². The third-order valence-electron chi connectivity index (χ3n) is 4.48. The lowest BCUT2D eigenvalue weighted by molar-refractivity contribution is 0.0724. The van der Waals surface area contributed by atoms with Crippen molar-refractivity contribution in [1.82, 2.24) is 9.88 Å².